The lowest BCUT2D eigenvalue weighted by Gasteiger charge is -2.15. The van der Waals surface area contributed by atoms with E-state index in [1.165, 1.54) is 92.8 Å². The Balaban J connectivity index is 0.000000108. The van der Waals surface area contributed by atoms with E-state index < -0.39 is 0 Å². The van der Waals surface area contributed by atoms with E-state index in [0.717, 1.165) is 134 Å². The molecular weight excluding hydrogens is 1890 g/mol. The van der Waals surface area contributed by atoms with E-state index in [1.54, 1.807) is 0 Å². The van der Waals surface area contributed by atoms with Crippen LogP contribution >= 0.6 is 34.0 Å². The van der Waals surface area contributed by atoms with Crippen LogP contribution in [0.25, 0.3) is 279 Å². The van der Waals surface area contributed by atoms with E-state index in [-0.39, 0.29) is 0 Å². The molecule has 150 heavy (non-hydrogen) atoms. The second-order valence-corrected chi connectivity index (χ2v) is 40.1. The Hall–Kier alpha value is -19.5. The molecule has 0 unspecified atom stereocenters. The van der Waals surface area contributed by atoms with Gasteiger partial charge in [0.05, 0.1) is 49.8 Å². The minimum atomic E-state index is 0.561. The standard InChI is InChI=1S/3C44H27N5S/c1-4-14-28(15-5-1)31-26-35(43-47-41(29-16-6-2-7-17-29)46-42(48-43)30-18-8-3-9-19-30)44(45-27-31)49-36-22-12-10-21-34(36)39-37(49)25-24-33-32-20-11-13-23-38(32)50-40(33)39;1-4-14-28(15-5-1)31-24-36(43-47-41(29-16-6-2-7-17-29)46-42(48-43)30-18-8-3-9-19-30)44(45-27-31)49-37-22-12-10-20-32(37)34-26-40-35(25-38(34)49)33-21-11-13-23-39(33)50-40;1-4-14-28(15-5-1)31-26-35(43-47-41(29-16-6-2-7-17-29)46-42(48-43)30-18-8-3-9-19-30)44(45-27-31)49-36-22-12-10-20-32(36)33-24-25-38-39(40(33)49)34-21-11-13-23-37(34)50-38/h3*1-27H. The quantitative estimate of drug-likeness (QED) is 0.0953. The van der Waals surface area contributed by atoms with Gasteiger partial charge in [-0.05, 0) is 95.6 Å². The number of para-hydroxylation sites is 3. The summed E-state index contributed by atoms with van der Waals surface area (Å²) < 4.78 is 14.5. The Morgan fingerprint density at radius 1 is 0.153 bits per heavy atom. The van der Waals surface area contributed by atoms with Gasteiger partial charge in [-0.3, -0.25) is 13.7 Å². The van der Waals surface area contributed by atoms with Gasteiger partial charge < -0.3 is 0 Å². The number of thiophene rings is 3. The molecular formula is C132H81N15S3. The highest BCUT2D eigenvalue weighted by molar-refractivity contribution is 7.27. The molecule has 0 aliphatic carbocycles. The summed E-state index contributed by atoms with van der Waals surface area (Å²) in [4.78, 5) is 61.9. The van der Waals surface area contributed by atoms with Crippen molar-refractivity contribution in [2.24, 2.45) is 0 Å². The number of hydrogen-bond donors (Lipinski definition) is 0. The molecule has 0 radical (unpaired) electrons. The minimum absolute atomic E-state index is 0.561. The fourth-order valence-corrected chi connectivity index (χ4v) is 24.4. The average molecular weight is 1970 g/mol. The van der Waals surface area contributed by atoms with Crippen LogP contribution in [0.2, 0.25) is 0 Å². The second kappa shape index (κ2) is 37.6. The summed E-state index contributed by atoms with van der Waals surface area (Å²) in [5.41, 5.74) is 20.7. The van der Waals surface area contributed by atoms with Crippen molar-refractivity contribution in [3.63, 3.8) is 0 Å². The number of rotatable bonds is 15. The molecule has 30 aromatic rings. The Bertz CT molecular complexity index is 10300. The van der Waals surface area contributed by atoms with Crippen molar-refractivity contribution >= 4 is 160 Å². The van der Waals surface area contributed by atoms with Gasteiger partial charge in [0.25, 0.3) is 0 Å². The van der Waals surface area contributed by atoms with Crippen molar-refractivity contribution in [3.05, 3.63) is 492 Å². The maximum Gasteiger partial charge on any atom is 0.167 e. The van der Waals surface area contributed by atoms with E-state index in [4.69, 9.17) is 59.8 Å². The zero-order valence-electron chi connectivity index (χ0n) is 80.2. The van der Waals surface area contributed by atoms with Crippen LogP contribution in [-0.4, -0.2) is 73.5 Å². The van der Waals surface area contributed by atoms with Gasteiger partial charge in [-0.1, -0.05) is 394 Å². The molecule has 30 rings (SSSR count). The molecule has 0 bridgehead atoms. The summed E-state index contributed by atoms with van der Waals surface area (Å²) in [5.74, 6) is 7.64. The highest BCUT2D eigenvalue weighted by Gasteiger charge is 2.30. The molecule has 15 nitrogen and oxygen atoms in total. The molecule has 0 atom stereocenters. The predicted octanol–water partition coefficient (Wildman–Crippen LogP) is 34.2. The topological polar surface area (TPSA) is 169 Å². The lowest BCUT2D eigenvalue weighted by Crippen LogP contribution is -2.06. The molecule has 702 valence electrons. The fourth-order valence-electron chi connectivity index (χ4n) is 20.9. The van der Waals surface area contributed by atoms with Crippen molar-refractivity contribution < 1.29 is 0 Å². The zero-order chi connectivity index (χ0) is 99.1. The Labute approximate surface area is 871 Å². The number of nitrogens with zero attached hydrogens (tertiary/aromatic N) is 15. The van der Waals surface area contributed by atoms with Gasteiger partial charge in [-0.2, -0.15) is 0 Å². The smallest absolute Gasteiger partial charge is 0.167 e. The first-order valence-corrected chi connectivity index (χ1v) is 52.1. The number of aromatic nitrogens is 15. The van der Waals surface area contributed by atoms with Gasteiger partial charge in [0.1, 0.15) is 17.5 Å². The number of benzene rings is 18. The number of hydrogen-bond acceptors (Lipinski definition) is 15. The molecule has 18 aromatic carbocycles. The Morgan fingerprint density at radius 3 is 0.860 bits per heavy atom. The monoisotopic (exact) mass is 1970 g/mol. The molecule has 0 aliphatic rings. The summed E-state index contributed by atoms with van der Waals surface area (Å²) in [6.07, 6.45) is 5.90. The molecule has 12 aromatic heterocycles. The van der Waals surface area contributed by atoms with E-state index in [2.05, 4.69) is 287 Å². The van der Waals surface area contributed by atoms with Crippen LogP contribution in [0.5, 0.6) is 0 Å². The molecule has 0 spiro atoms. The van der Waals surface area contributed by atoms with E-state index in [9.17, 15) is 0 Å². The first-order valence-electron chi connectivity index (χ1n) is 49.7. The zero-order valence-corrected chi connectivity index (χ0v) is 82.6. The maximum atomic E-state index is 5.32. The predicted molar refractivity (Wildman–Crippen MR) is 620 cm³/mol. The van der Waals surface area contributed by atoms with Crippen molar-refractivity contribution in [2.45, 2.75) is 0 Å². The molecule has 18 heteroatoms. The van der Waals surface area contributed by atoms with Crippen LogP contribution in [0.4, 0.5) is 0 Å². The van der Waals surface area contributed by atoms with Crippen LogP contribution in [0.1, 0.15) is 0 Å². The number of pyridine rings is 3. The lowest BCUT2D eigenvalue weighted by atomic mass is 10.0. The molecule has 0 amide bonds. The molecule has 0 saturated heterocycles. The molecule has 0 N–H and O–H groups in total. The van der Waals surface area contributed by atoms with Crippen LogP contribution in [0, 0.1) is 0 Å². The Morgan fingerprint density at radius 2 is 0.447 bits per heavy atom. The van der Waals surface area contributed by atoms with Crippen LogP contribution in [0.3, 0.4) is 0 Å². The van der Waals surface area contributed by atoms with Gasteiger partial charge in [0.15, 0.2) is 52.4 Å². The Kier molecular flexibility index (Phi) is 22.1. The maximum absolute atomic E-state index is 5.32. The molecule has 0 aliphatic heterocycles. The van der Waals surface area contributed by atoms with E-state index in [1.807, 2.05) is 253 Å². The SMILES string of the molecule is c1ccc(-c2cnc(-n3c4ccccc4c4c5sc6ccccc6c5ccc43)c(-c3nc(-c4ccccc4)nc(-c4ccccc4)n3)c2)cc1.c1ccc(-c2cnc(-n3c4ccccc4c4cc5sc6ccccc6c5cc43)c(-c3nc(-c4ccccc4)nc(-c4ccccc4)n3)c2)cc1.c1ccc(-c2cnc(-n3c4ccccc4c4ccc5sc6ccccc6c5c43)c(-c3nc(-c4ccccc4)nc(-c4ccccc4)n3)c2)cc1. The first kappa shape index (κ1) is 88.2. The molecule has 12 heterocycles. The third-order valence-electron chi connectivity index (χ3n) is 27.9. The minimum Gasteiger partial charge on any atom is -0.293 e. The third kappa shape index (κ3) is 15.8. The van der Waals surface area contributed by atoms with Crippen molar-refractivity contribution in [1.29, 1.82) is 0 Å². The highest BCUT2D eigenvalue weighted by Crippen LogP contribution is 2.50. The molecule has 0 saturated carbocycles. The summed E-state index contributed by atoms with van der Waals surface area (Å²) in [6, 6.07) is 164. The number of fused-ring (bicyclic) bond motifs is 20. The summed E-state index contributed by atoms with van der Waals surface area (Å²) in [6.45, 7) is 0. The van der Waals surface area contributed by atoms with Gasteiger partial charge >= 0.3 is 0 Å². The summed E-state index contributed by atoms with van der Waals surface area (Å²) in [7, 11) is 0. The van der Waals surface area contributed by atoms with Crippen LogP contribution < -0.4 is 0 Å². The van der Waals surface area contributed by atoms with Crippen LogP contribution in [-0.2, 0) is 0 Å². The lowest BCUT2D eigenvalue weighted by molar-refractivity contribution is 1.04. The average Bonchev–Trinajstić information content (AvgIpc) is 1.56. The molecule has 0 fully saturated rings. The van der Waals surface area contributed by atoms with Crippen LogP contribution in [0.15, 0.2) is 492 Å². The van der Waals surface area contributed by atoms with Crippen molar-refractivity contribution in [3.8, 4) is 153 Å². The van der Waals surface area contributed by atoms with Gasteiger partial charge in [0, 0.05) is 161 Å². The summed E-state index contributed by atoms with van der Waals surface area (Å²) in [5, 5.41) is 14.6. The highest BCUT2D eigenvalue weighted by atomic mass is 32.1. The van der Waals surface area contributed by atoms with E-state index in [0.29, 0.717) is 52.4 Å². The van der Waals surface area contributed by atoms with Gasteiger partial charge in [0.2, 0.25) is 0 Å². The largest absolute Gasteiger partial charge is 0.293 e. The summed E-state index contributed by atoms with van der Waals surface area (Å²) >= 11 is 5.51. The van der Waals surface area contributed by atoms with Crippen molar-refractivity contribution in [1.82, 2.24) is 73.5 Å². The van der Waals surface area contributed by atoms with Crippen molar-refractivity contribution in [2.75, 3.05) is 0 Å². The normalized spacial score (nSPS) is 11.6. The fraction of sp³-hybridized carbons (Fsp3) is 0. The van der Waals surface area contributed by atoms with E-state index >= 15 is 0 Å². The third-order valence-corrected chi connectivity index (χ3v) is 31.4. The van der Waals surface area contributed by atoms with Gasteiger partial charge in [-0.25, -0.2) is 59.8 Å². The first-order chi connectivity index (χ1) is 74.4. The second-order valence-electron chi connectivity index (χ2n) is 36.9. The van der Waals surface area contributed by atoms with Gasteiger partial charge in [-0.15, -0.1) is 34.0 Å².